The van der Waals surface area contributed by atoms with Crippen LogP contribution in [0.15, 0.2) is 95.0 Å². The smallest absolute Gasteiger partial charge is 0.215 e. The molecule has 0 radical (unpaired) electrons. The molecule has 4 aromatic rings. The summed E-state index contributed by atoms with van der Waals surface area (Å²) in [6, 6.07) is 25.6. The van der Waals surface area contributed by atoms with Crippen molar-refractivity contribution in [1.29, 1.82) is 0 Å². The van der Waals surface area contributed by atoms with Crippen LogP contribution in [0, 0.1) is 0 Å². The van der Waals surface area contributed by atoms with Crippen molar-refractivity contribution in [2.24, 2.45) is 9.98 Å². The van der Waals surface area contributed by atoms with Crippen molar-refractivity contribution >= 4 is 29.2 Å². The first kappa shape index (κ1) is 17.4. The zero-order valence-corrected chi connectivity index (χ0v) is 16.3. The molecule has 0 saturated heterocycles. The minimum Gasteiger partial charge on any atom is -0.493 e. The van der Waals surface area contributed by atoms with Crippen LogP contribution >= 0.6 is 11.3 Å². The van der Waals surface area contributed by atoms with Gasteiger partial charge in [0.2, 0.25) is 5.88 Å². The van der Waals surface area contributed by atoms with E-state index in [2.05, 4.69) is 11.1 Å². The number of para-hydroxylation sites is 2. The van der Waals surface area contributed by atoms with E-state index in [1.54, 1.807) is 10.8 Å². The second kappa shape index (κ2) is 7.37. The molecule has 0 atom stereocenters. The monoisotopic (exact) mass is 395 g/mol. The van der Waals surface area contributed by atoms with Gasteiger partial charge in [-0.15, -0.1) is 0 Å². The van der Waals surface area contributed by atoms with Crippen molar-refractivity contribution in [2.45, 2.75) is 0 Å². The van der Waals surface area contributed by atoms with Crippen LogP contribution in [0.25, 0.3) is 17.8 Å². The maximum absolute atomic E-state index is 11.0. The van der Waals surface area contributed by atoms with Gasteiger partial charge in [0.1, 0.15) is 0 Å². The summed E-state index contributed by atoms with van der Waals surface area (Å²) in [6.45, 7) is 0. The zero-order chi connectivity index (χ0) is 19.6. The molecule has 4 nitrogen and oxygen atoms in total. The Hall–Kier alpha value is -3.70. The van der Waals surface area contributed by atoms with Crippen LogP contribution in [0.2, 0.25) is 0 Å². The number of rotatable bonds is 3. The van der Waals surface area contributed by atoms with E-state index in [0.29, 0.717) is 4.80 Å². The molecule has 0 amide bonds. The molecule has 0 bridgehead atoms. The second-order valence-corrected chi connectivity index (χ2v) is 7.61. The van der Waals surface area contributed by atoms with Crippen LogP contribution in [-0.4, -0.2) is 9.67 Å². The molecule has 29 heavy (non-hydrogen) atoms. The normalized spacial score (nSPS) is 13.5. The van der Waals surface area contributed by atoms with Gasteiger partial charge in [0, 0.05) is 11.8 Å². The van der Waals surface area contributed by atoms with Crippen molar-refractivity contribution in [3.8, 4) is 11.6 Å². The summed E-state index contributed by atoms with van der Waals surface area (Å²) in [5, 5.41) is 13.0. The molecule has 1 aliphatic rings. The molecule has 0 fully saturated rings. The van der Waals surface area contributed by atoms with Gasteiger partial charge >= 0.3 is 0 Å². The molecule has 2 heterocycles. The third-order valence-electron chi connectivity index (χ3n) is 4.64. The van der Waals surface area contributed by atoms with E-state index >= 15 is 0 Å². The molecule has 1 N–H and O–H groups in total. The summed E-state index contributed by atoms with van der Waals surface area (Å²) < 4.78 is 1.78. The summed E-state index contributed by atoms with van der Waals surface area (Å²) in [6.07, 6.45) is 5.77. The molecule has 5 heteroatoms. The first-order chi connectivity index (χ1) is 14.3. The standard InChI is InChI=1S/C24H17N3OS/c28-23-22(16-17-11-12-21-18(15-17)13-14-25-21)29-24(26-19-7-3-1-4-8-19)27(23)20-9-5-2-6-10-20/h1-16,28H. The molecule has 0 spiro atoms. The summed E-state index contributed by atoms with van der Waals surface area (Å²) in [5.74, 6) is 0.177. The molecule has 1 aromatic heterocycles. The fourth-order valence-electron chi connectivity index (χ4n) is 3.24. The van der Waals surface area contributed by atoms with Gasteiger partial charge in [0.25, 0.3) is 0 Å². The third kappa shape index (κ3) is 3.44. The Morgan fingerprint density at radius 3 is 2.48 bits per heavy atom. The molecule has 5 rings (SSSR count). The van der Waals surface area contributed by atoms with E-state index in [1.165, 1.54) is 11.3 Å². The molecular weight excluding hydrogens is 378 g/mol. The van der Waals surface area contributed by atoms with Gasteiger partial charge in [-0.2, -0.15) is 0 Å². The fourth-order valence-corrected chi connectivity index (χ4v) is 4.25. The third-order valence-corrected chi connectivity index (χ3v) is 5.61. The van der Waals surface area contributed by atoms with E-state index in [1.807, 2.05) is 84.9 Å². The molecule has 0 saturated carbocycles. The van der Waals surface area contributed by atoms with Crippen molar-refractivity contribution in [1.82, 2.24) is 4.57 Å². The molecule has 1 aliphatic heterocycles. The van der Waals surface area contributed by atoms with E-state index in [9.17, 15) is 5.11 Å². The number of benzene rings is 3. The number of hydrogen-bond acceptors (Lipinski definition) is 4. The quantitative estimate of drug-likeness (QED) is 0.562. The van der Waals surface area contributed by atoms with Gasteiger partial charge in [-0.1, -0.05) is 53.8 Å². The SMILES string of the molecule is Oc1c(C=c2ccc3c(c2)C=CN=3)sc(=Nc2ccccc2)n1-c1ccccc1. The van der Waals surface area contributed by atoms with Crippen LogP contribution in [0.4, 0.5) is 5.69 Å². The second-order valence-electron chi connectivity index (χ2n) is 6.60. The lowest BCUT2D eigenvalue weighted by Gasteiger charge is -2.04. The predicted molar refractivity (Wildman–Crippen MR) is 117 cm³/mol. The average Bonchev–Trinajstić information content (AvgIpc) is 3.34. The van der Waals surface area contributed by atoms with Crippen molar-refractivity contribution in [3.63, 3.8) is 0 Å². The highest BCUT2D eigenvalue weighted by atomic mass is 32.1. The van der Waals surface area contributed by atoms with E-state index < -0.39 is 0 Å². The Labute approximate surface area is 171 Å². The number of fused-ring (bicyclic) bond motifs is 1. The maximum Gasteiger partial charge on any atom is 0.215 e. The van der Waals surface area contributed by atoms with Gasteiger partial charge in [-0.05, 0) is 53.8 Å². The van der Waals surface area contributed by atoms with Gasteiger partial charge < -0.3 is 5.11 Å². The van der Waals surface area contributed by atoms with Crippen LogP contribution in [-0.2, 0) is 0 Å². The minimum atomic E-state index is 0.177. The Balaban J connectivity index is 1.72. The maximum atomic E-state index is 11.0. The Kier molecular flexibility index (Phi) is 4.42. The first-order valence-corrected chi connectivity index (χ1v) is 10.1. The topological polar surface area (TPSA) is 49.9 Å². The average molecular weight is 395 g/mol. The number of nitrogens with zero attached hydrogens (tertiary/aromatic N) is 3. The van der Waals surface area contributed by atoms with Gasteiger partial charge in [0.15, 0.2) is 4.80 Å². The van der Waals surface area contributed by atoms with Crippen molar-refractivity contribution in [3.05, 3.63) is 111 Å². The van der Waals surface area contributed by atoms with E-state index in [-0.39, 0.29) is 5.88 Å². The number of thiazole rings is 1. The van der Waals surface area contributed by atoms with Crippen LogP contribution in [0.3, 0.4) is 0 Å². The minimum absolute atomic E-state index is 0.177. The van der Waals surface area contributed by atoms with Crippen LogP contribution < -0.4 is 15.4 Å². The number of hydrogen-bond donors (Lipinski definition) is 1. The largest absolute Gasteiger partial charge is 0.493 e. The number of aromatic nitrogens is 1. The lowest BCUT2D eigenvalue weighted by Crippen LogP contribution is -2.11. The van der Waals surface area contributed by atoms with Gasteiger partial charge in [-0.25, -0.2) is 4.99 Å². The van der Waals surface area contributed by atoms with Crippen LogP contribution in [0.5, 0.6) is 5.88 Å². The lowest BCUT2D eigenvalue weighted by atomic mass is 10.2. The Bertz CT molecular complexity index is 1400. The summed E-state index contributed by atoms with van der Waals surface area (Å²) in [4.78, 5) is 10.5. The fraction of sp³-hybridized carbons (Fsp3) is 0. The van der Waals surface area contributed by atoms with Crippen LogP contribution in [0.1, 0.15) is 10.4 Å². The van der Waals surface area contributed by atoms with Gasteiger partial charge in [-0.3, -0.25) is 9.56 Å². The molecule has 0 aliphatic carbocycles. The Morgan fingerprint density at radius 2 is 1.69 bits per heavy atom. The first-order valence-electron chi connectivity index (χ1n) is 9.24. The summed E-state index contributed by atoms with van der Waals surface area (Å²) in [5.41, 5.74) is 2.79. The van der Waals surface area contributed by atoms with E-state index in [0.717, 1.165) is 32.4 Å². The number of aromatic hydroxyl groups is 1. The molecular formula is C24H17N3OS. The predicted octanol–water partition coefficient (Wildman–Crippen LogP) is 3.91. The van der Waals surface area contributed by atoms with Crippen molar-refractivity contribution < 1.29 is 5.11 Å². The van der Waals surface area contributed by atoms with E-state index in [4.69, 9.17) is 4.99 Å². The molecule has 3 aromatic carbocycles. The van der Waals surface area contributed by atoms with Gasteiger partial charge in [0.05, 0.1) is 21.6 Å². The zero-order valence-electron chi connectivity index (χ0n) is 15.4. The summed E-state index contributed by atoms with van der Waals surface area (Å²) >= 11 is 1.45. The lowest BCUT2D eigenvalue weighted by molar-refractivity contribution is 0.439. The molecule has 140 valence electrons. The van der Waals surface area contributed by atoms with Crippen molar-refractivity contribution in [2.75, 3.05) is 0 Å². The highest BCUT2D eigenvalue weighted by molar-refractivity contribution is 7.10. The Morgan fingerprint density at radius 1 is 0.931 bits per heavy atom. The summed E-state index contributed by atoms with van der Waals surface area (Å²) in [7, 11) is 0. The molecule has 0 unspecified atom stereocenters. The highest BCUT2D eigenvalue weighted by Crippen LogP contribution is 2.25. The highest BCUT2D eigenvalue weighted by Gasteiger charge is 2.13.